The molecule has 7 nitrogen and oxygen atoms in total. The number of carboxylic acid groups (broad SMARTS) is 1. The van der Waals surface area contributed by atoms with E-state index in [1.165, 1.54) is 12.1 Å². The summed E-state index contributed by atoms with van der Waals surface area (Å²) in [5.74, 6) is -2.97. The number of nitrogens with zero attached hydrogens (tertiary/aromatic N) is 1. The van der Waals surface area contributed by atoms with E-state index in [0.717, 1.165) is 12.1 Å². The summed E-state index contributed by atoms with van der Waals surface area (Å²) in [7, 11) is 0. The summed E-state index contributed by atoms with van der Waals surface area (Å²) in [6.45, 7) is -0.218. The van der Waals surface area contributed by atoms with E-state index in [9.17, 15) is 14.0 Å². The van der Waals surface area contributed by atoms with Crippen LogP contribution < -0.4 is 10.5 Å². The Morgan fingerprint density at radius 1 is 1.45 bits per heavy atom. The van der Waals surface area contributed by atoms with Crippen LogP contribution in [0.3, 0.4) is 0 Å². The molecule has 20 heavy (non-hydrogen) atoms. The summed E-state index contributed by atoms with van der Waals surface area (Å²) in [5, 5.41) is 11.9. The first kappa shape index (κ1) is 13.5. The SMILES string of the molecule is NC(=O)c1c(F)cccc1OCc1cc(C(=O)O)no1. The van der Waals surface area contributed by atoms with Crippen LogP contribution in [0.1, 0.15) is 26.6 Å². The van der Waals surface area contributed by atoms with Gasteiger partial charge in [-0.15, -0.1) is 0 Å². The maximum atomic E-state index is 13.4. The smallest absolute Gasteiger partial charge is 0.358 e. The predicted octanol–water partition coefficient (Wildman–Crippen LogP) is 1.19. The van der Waals surface area contributed by atoms with Crippen LogP contribution in [-0.2, 0) is 6.61 Å². The van der Waals surface area contributed by atoms with E-state index in [4.69, 9.17) is 20.1 Å². The number of amides is 1. The normalized spacial score (nSPS) is 10.2. The molecule has 0 fully saturated rings. The van der Waals surface area contributed by atoms with E-state index in [-0.39, 0.29) is 29.4 Å². The third kappa shape index (κ3) is 2.74. The molecule has 0 atom stereocenters. The third-order valence-electron chi connectivity index (χ3n) is 2.37. The van der Waals surface area contributed by atoms with E-state index in [1.807, 2.05) is 0 Å². The molecule has 0 radical (unpaired) electrons. The zero-order chi connectivity index (χ0) is 14.7. The number of rotatable bonds is 5. The summed E-state index contributed by atoms with van der Waals surface area (Å²) in [6.07, 6.45) is 0. The summed E-state index contributed by atoms with van der Waals surface area (Å²) < 4.78 is 23.3. The van der Waals surface area contributed by atoms with Crippen molar-refractivity contribution in [1.82, 2.24) is 5.16 Å². The highest BCUT2D eigenvalue weighted by Gasteiger charge is 2.16. The summed E-state index contributed by atoms with van der Waals surface area (Å²) >= 11 is 0. The number of primary amides is 1. The first-order chi connectivity index (χ1) is 9.49. The fourth-order valence-corrected chi connectivity index (χ4v) is 1.49. The molecule has 0 saturated heterocycles. The molecule has 3 N–H and O–H groups in total. The van der Waals surface area contributed by atoms with Crippen molar-refractivity contribution >= 4 is 11.9 Å². The van der Waals surface area contributed by atoms with Crippen LogP contribution in [0.2, 0.25) is 0 Å². The number of carbonyl (C=O) groups excluding carboxylic acids is 1. The Balaban J connectivity index is 2.16. The molecule has 2 aromatic rings. The van der Waals surface area contributed by atoms with Crippen molar-refractivity contribution in [2.24, 2.45) is 5.73 Å². The molecule has 1 heterocycles. The molecule has 0 aliphatic carbocycles. The zero-order valence-electron chi connectivity index (χ0n) is 10.00. The molecular formula is C12H9FN2O5. The molecule has 0 bridgehead atoms. The maximum absolute atomic E-state index is 13.4. The number of aromatic carboxylic acids is 1. The van der Waals surface area contributed by atoms with Crippen molar-refractivity contribution in [2.45, 2.75) is 6.61 Å². The minimum atomic E-state index is -1.25. The molecule has 1 amide bonds. The molecule has 0 unspecified atom stereocenters. The molecule has 104 valence electrons. The number of carboxylic acids is 1. The summed E-state index contributed by atoms with van der Waals surface area (Å²) in [5.41, 5.74) is 4.39. The number of hydrogen-bond donors (Lipinski definition) is 2. The van der Waals surface area contributed by atoms with E-state index in [0.29, 0.717) is 0 Å². The van der Waals surface area contributed by atoms with Gasteiger partial charge < -0.3 is 20.1 Å². The Labute approximate surface area is 111 Å². The van der Waals surface area contributed by atoms with Gasteiger partial charge in [-0.3, -0.25) is 4.79 Å². The van der Waals surface area contributed by atoms with Crippen LogP contribution in [0.25, 0.3) is 0 Å². The van der Waals surface area contributed by atoms with Gasteiger partial charge in [0, 0.05) is 6.07 Å². The molecule has 2 rings (SSSR count). The van der Waals surface area contributed by atoms with Crippen LogP contribution in [-0.4, -0.2) is 22.1 Å². The Hall–Kier alpha value is -2.90. The number of nitrogens with two attached hydrogens (primary N) is 1. The third-order valence-corrected chi connectivity index (χ3v) is 2.37. The fourth-order valence-electron chi connectivity index (χ4n) is 1.49. The minimum Gasteiger partial charge on any atom is -0.485 e. The predicted molar refractivity (Wildman–Crippen MR) is 62.7 cm³/mol. The number of ether oxygens (including phenoxy) is 1. The van der Waals surface area contributed by atoms with Gasteiger partial charge in [-0.05, 0) is 12.1 Å². The molecule has 1 aromatic carbocycles. The average Bonchev–Trinajstić information content (AvgIpc) is 2.84. The molecule has 0 aliphatic rings. The second-order valence-electron chi connectivity index (χ2n) is 3.75. The lowest BCUT2D eigenvalue weighted by Crippen LogP contribution is -2.15. The number of hydrogen-bond acceptors (Lipinski definition) is 5. The standard InChI is InChI=1S/C12H9FN2O5/c13-7-2-1-3-9(10(7)11(14)16)19-5-6-4-8(12(17)18)15-20-6/h1-4H,5H2,(H2,14,16)(H,17,18). The van der Waals surface area contributed by atoms with E-state index < -0.39 is 17.7 Å². The first-order valence-electron chi connectivity index (χ1n) is 5.39. The van der Waals surface area contributed by atoms with Gasteiger partial charge in [0.15, 0.2) is 11.5 Å². The minimum absolute atomic E-state index is 0.0641. The lowest BCUT2D eigenvalue weighted by atomic mass is 10.2. The van der Waals surface area contributed by atoms with Gasteiger partial charge in [0.1, 0.15) is 23.7 Å². The van der Waals surface area contributed by atoms with Gasteiger partial charge in [-0.1, -0.05) is 11.2 Å². The van der Waals surface area contributed by atoms with Gasteiger partial charge in [0.05, 0.1) is 0 Å². The van der Waals surface area contributed by atoms with Crippen LogP contribution >= 0.6 is 0 Å². The quantitative estimate of drug-likeness (QED) is 0.849. The average molecular weight is 280 g/mol. The van der Waals surface area contributed by atoms with Crippen LogP contribution in [0, 0.1) is 5.82 Å². The molecule has 0 aliphatic heterocycles. The van der Waals surface area contributed by atoms with Crippen LogP contribution in [0.4, 0.5) is 4.39 Å². The van der Waals surface area contributed by atoms with E-state index in [2.05, 4.69) is 5.16 Å². The highest BCUT2D eigenvalue weighted by Crippen LogP contribution is 2.22. The lowest BCUT2D eigenvalue weighted by Gasteiger charge is -2.08. The highest BCUT2D eigenvalue weighted by molar-refractivity contribution is 5.95. The molecule has 0 spiro atoms. The van der Waals surface area contributed by atoms with Crippen molar-refractivity contribution in [1.29, 1.82) is 0 Å². The van der Waals surface area contributed by atoms with Crippen molar-refractivity contribution in [3.8, 4) is 5.75 Å². The van der Waals surface area contributed by atoms with Crippen molar-refractivity contribution in [2.75, 3.05) is 0 Å². The van der Waals surface area contributed by atoms with Crippen molar-refractivity contribution in [3.05, 3.63) is 47.1 Å². The van der Waals surface area contributed by atoms with Crippen LogP contribution in [0.5, 0.6) is 5.75 Å². The Bertz CT molecular complexity index is 668. The second kappa shape index (κ2) is 5.39. The summed E-state index contributed by atoms with van der Waals surface area (Å²) in [6, 6.07) is 4.94. The number of halogens is 1. The number of benzene rings is 1. The Kier molecular flexibility index (Phi) is 3.65. The van der Waals surface area contributed by atoms with Crippen molar-refractivity contribution < 1.29 is 28.3 Å². The molecular weight excluding hydrogens is 271 g/mol. The topological polar surface area (TPSA) is 116 Å². The monoisotopic (exact) mass is 280 g/mol. The molecule has 8 heteroatoms. The Morgan fingerprint density at radius 2 is 2.20 bits per heavy atom. The van der Waals surface area contributed by atoms with Gasteiger partial charge in [-0.25, -0.2) is 9.18 Å². The second-order valence-corrected chi connectivity index (χ2v) is 3.75. The molecule has 1 aromatic heterocycles. The number of aromatic nitrogens is 1. The summed E-state index contributed by atoms with van der Waals surface area (Å²) in [4.78, 5) is 21.7. The first-order valence-corrected chi connectivity index (χ1v) is 5.39. The largest absolute Gasteiger partial charge is 0.485 e. The van der Waals surface area contributed by atoms with Gasteiger partial charge in [0.2, 0.25) is 0 Å². The maximum Gasteiger partial charge on any atom is 0.358 e. The van der Waals surface area contributed by atoms with E-state index >= 15 is 0 Å². The highest BCUT2D eigenvalue weighted by atomic mass is 19.1. The Morgan fingerprint density at radius 3 is 2.80 bits per heavy atom. The van der Waals surface area contributed by atoms with Gasteiger partial charge >= 0.3 is 5.97 Å². The lowest BCUT2D eigenvalue weighted by molar-refractivity contribution is 0.0685. The van der Waals surface area contributed by atoms with Crippen LogP contribution in [0.15, 0.2) is 28.8 Å². The zero-order valence-corrected chi connectivity index (χ0v) is 10.00. The van der Waals surface area contributed by atoms with Crippen molar-refractivity contribution in [3.63, 3.8) is 0 Å². The van der Waals surface area contributed by atoms with Gasteiger partial charge in [0.25, 0.3) is 5.91 Å². The number of carbonyl (C=O) groups is 2. The fraction of sp³-hybridized carbons (Fsp3) is 0.0833. The van der Waals surface area contributed by atoms with E-state index in [1.54, 1.807) is 0 Å². The molecule has 0 saturated carbocycles. The van der Waals surface area contributed by atoms with Gasteiger partial charge in [-0.2, -0.15) is 0 Å².